The molecular weight excluding hydrogens is 312 g/mol. The minimum Gasteiger partial charge on any atom is -0.357 e. The molecule has 138 valence electrons. The molecule has 1 fully saturated rings. The van der Waals surface area contributed by atoms with Crippen molar-refractivity contribution in [2.45, 2.75) is 45.6 Å². The van der Waals surface area contributed by atoms with E-state index in [1.165, 1.54) is 5.56 Å². The van der Waals surface area contributed by atoms with Gasteiger partial charge in [-0.3, -0.25) is 9.79 Å². The molecule has 0 radical (unpaired) electrons. The van der Waals surface area contributed by atoms with E-state index in [4.69, 9.17) is 4.99 Å². The predicted molar refractivity (Wildman–Crippen MR) is 104 cm³/mol. The highest BCUT2D eigenvalue weighted by atomic mass is 16.2. The van der Waals surface area contributed by atoms with Crippen molar-refractivity contribution in [2.24, 2.45) is 10.4 Å². The summed E-state index contributed by atoms with van der Waals surface area (Å²) >= 11 is 0. The maximum atomic E-state index is 12.7. The normalized spacial score (nSPS) is 17.8. The smallest absolute Gasteiger partial charge is 0.230 e. The highest BCUT2D eigenvalue weighted by molar-refractivity contribution is 5.84. The van der Waals surface area contributed by atoms with E-state index in [9.17, 15) is 4.79 Å². The number of hydrogen-bond acceptors (Lipinski definition) is 2. The molecule has 0 bridgehead atoms. The van der Waals surface area contributed by atoms with E-state index in [1.54, 1.807) is 4.90 Å². The molecule has 1 aromatic rings. The van der Waals surface area contributed by atoms with Crippen LogP contribution in [0.4, 0.5) is 0 Å². The first kappa shape index (κ1) is 19.3. The second-order valence-electron chi connectivity index (χ2n) is 7.16. The van der Waals surface area contributed by atoms with Crippen LogP contribution in [0.15, 0.2) is 35.3 Å². The van der Waals surface area contributed by atoms with Crippen molar-refractivity contribution in [3.8, 4) is 0 Å². The van der Waals surface area contributed by atoms with E-state index in [0.717, 1.165) is 38.2 Å². The average Bonchev–Trinajstić information content (AvgIpc) is 3.10. The minimum atomic E-state index is -0.332. The van der Waals surface area contributed by atoms with Gasteiger partial charge in [-0.15, -0.1) is 0 Å². The fourth-order valence-electron chi connectivity index (χ4n) is 3.55. The predicted octanol–water partition coefficient (Wildman–Crippen LogP) is 2.95. The lowest BCUT2D eigenvalue weighted by atomic mass is 9.85. The quantitative estimate of drug-likeness (QED) is 0.616. The zero-order valence-electron chi connectivity index (χ0n) is 16.0. The maximum absolute atomic E-state index is 12.7. The molecule has 1 aromatic carbocycles. The second kappa shape index (κ2) is 8.88. The van der Waals surface area contributed by atoms with Gasteiger partial charge >= 0.3 is 0 Å². The number of rotatable bonds is 6. The molecule has 5 nitrogen and oxygen atoms in total. The lowest BCUT2D eigenvalue weighted by Crippen LogP contribution is -2.43. The summed E-state index contributed by atoms with van der Waals surface area (Å²) in [5, 5.41) is 6.76. The van der Waals surface area contributed by atoms with Crippen molar-refractivity contribution in [3.05, 3.63) is 35.9 Å². The van der Waals surface area contributed by atoms with Crippen LogP contribution in [-0.2, 0) is 4.79 Å². The maximum Gasteiger partial charge on any atom is 0.230 e. The molecule has 1 aliphatic carbocycles. The summed E-state index contributed by atoms with van der Waals surface area (Å²) in [5.74, 6) is 0.984. The van der Waals surface area contributed by atoms with Crippen molar-refractivity contribution >= 4 is 11.9 Å². The highest BCUT2D eigenvalue weighted by Crippen LogP contribution is 2.39. The molecule has 25 heavy (non-hydrogen) atoms. The largest absolute Gasteiger partial charge is 0.357 e. The van der Waals surface area contributed by atoms with Gasteiger partial charge in [-0.05, 0) is 32.3 Å². The van der Waals surface area contributed by atoms with Gasteiger partial charge in [-0.1, -0.05) is 43.2 Å². The molecule has 0 aromatic heterocycles. The van der Waals surface area contributed by atoms with Gasteiger partial charge in [0.25, 0.3) is 0 Å². The van der Waals surface area contributed by atoms with E-state index in [-0.39, 0.29) is 17.4 Å². The molecule has 1 atom stereocenters. The van der Waals surface area contributed by atoms with Gasteiger partial charge < -0.3 is 15.5 Å². The molecule has 0 aliphatic heterocycles. The number of guanidine groups is 1. The van der Waals surface area contributed by atoms with Crippen LogP contribution in [0, 0.1) is 5.41 Å². The molecule has 2 N–H and O–H groups in total. The molecular formula is C20H32N4O. The summed E-state index contributed by atoms with van der Waals surface area (Å²) in [6.07, 6.45) is 4.08. The molecule has 0 saturated heterocycles. The second-order valence-corrected chi connectivity index (χ2v) is 7.16. The molecule has 2 rings (SSSR count). The number of aliphatic imine (C=N–C) groups is 1. The van der Waals surface area contributed by atoms with Gasteiger partial charge in [0.1, 0.15) is 0 Å². The third-order valence-electron chi connectivity index (χ3n) is 4.96. The van der Waals surface area contributed by atoms with Crippen LogP contribution < -0.4 is 10.6 Å². The van der Waals surface area contributed by atoms with Gasteiger partial charge in [0.05, 0.1) is 18.0 Å². The Balaban J connectivity index is 2.11. The lowest BCUT2D eigenvalue weighted by Gasteiger charge is -2.29. The monoisotopic (exact) mass is 344 g/mol. The Kier molecular flexibility index (Phi) is 6.85. The van der Waals surface area contributed by atoms with Gasteiger partial charge in [0.15, 0.2) is 5.96 Å². The number of benzene rings is 1. The van der Waals surface area contributed by atoms with Crippen LogP contribution in [0.2, 0.25) is 0 Å². The van der Waals surface area contributed by atoms with Gasteiger partial charge in [-0.2, -0.15) is 0 Å². The van der Waals surface area contributed by atoms with Crippen molar-refractivity contribution in [1.82, 2.24) is 15.5 Å². The molecule has 5 heteroatoms. The number of nitrogens with one attached hydrogen (secondary N) is 2. The summed E-state index contributed by atoms with van der Waals surface area (Å²) < 4.78 is 0. The molecule has 0 spiro atoms. The zero-order valence-corrected chi connectivity index (χ0v) is 16.0. The first-order valence-electron chi connectivity index (χ1n) is 9.30. The number of carbonyl (C=O) groups is 1. The number of carbonyl (C=O) groups excluding carboxylic acids is 1. The lowest BCUT2D eigenvalue weighted by molar-refractivity contribution is -0.138. The van der Waals surface area contributed by atoms with Crippen LogP contribution in [-0.4, -0.2) is 44.0 Å². The fourth-order valence-corrected chi connectivity index (χ4v) is 3.55. The SMILES string of the molecule is CCNC(=NCC1(C(=O)N(C)C)CCCC1)NC(C)c1ccccc1. The average molecular weight is 345 g/mol. The summed E-state index contributed by atoms with van der Waals surface area (Å²) in [6.45, 7) is 5.52. The van der Waals surface area contributed by atoms with Crippen molar-refractivity contribution in [1.29, 1.82) is 0 Å². The standard InChI is InChI=1S/C20H32N4O/c1-5-21-19(23-16(2)17-11-7-6-8-12-17)22-15-20(13-9-10-14-20)18(25)24(3)4/h6-8,11-12,16H,5,9-10,13-15H2,1-4H3,(H2,21,22,23). The van der Waals surface area contributed by atoms with Gasteiger partial charge in [0, 0.05) is 20.6 Å². The Hall–Kier alpha value is -2.04. The van der Waals surface area contributed by atoms with E-state index in [2.05, 4.69) is 36.6 Å². The molecule has 1 aliphatic rings. The minimum absolute atomic E-state index is 0.156. The summed E-state index contributed by atoms with van der Waals surface area (Å²) in [5.41, 5.74) is 0.884. The van der Waals surface area contributed by atoms with Crippen LogP contribution >= 0.6 is 0 Å². The van der Waals surface area contributed by atoms with E-state index >= 15 is 0 Å². The number of hydrogen-bond donors (Lipinski definition) is 2. The topological polar surface area (TPSA) is 56.7 Å². The highest BCUT2D eigenvalue weighted by Gasteiger charge is 2.42. The third-order valence-corrected chi connectivity index (χ3v) is 4.96. The van der Waals surface area contributed by atoms with Crippen LogP contribution in [0.1, 0.15) is 51.1 Å². The molecule has 1 unspecified atom stereocenters. The Morgan fingerprint density at radius 1 is 1.24 bits per heavy atom. The Morgan fingerprint density at radius 3 is 2.44 bits per heavy atom. The molecule has 1 amide bonds. The Bertz CT molecular complexity index is 577. The molecule has 1 saturated carbocycles. The van der Waals surface area contributed by atoms with E-state index in [0.29, 0.717) is 6.54 Å². The molecule has 0 heterocycles. The van der Waals surface area contributed by atoms with Crippen molar-refractivity contribution < 1.29 is 4.79 Å². The zero-order chi connectivity index (χ0) is 18.3. The summed E-state index contributed by atoms with van der Waals surface area (Å²) in [6, 6.07) is 10.5. The summed E-state index contributed by atoms with van der Waals surface area (Å²) in [7, 11) is 3.68. The van der Waals surface area contributed by atoms with Crippen molar-refractivity contribution in [2.75, 3.05) is 27.2 Å². The first-order valence-corrected chi connectivity index (χ1v) is 9.30. The first-order chi connectivity index (χ1) is 12.0. The summed E-state index contributed by atoms with van der Waals surface area (Å²) in [4.78, 5) is 19.2. The third kappa shape index (κ3) is 4.97. The van der Waals surface area contributed by atoms with Crippen LogP contribution in [0.3, 0.4) is 0 Å². The van der Waals surface area contributed by atoms with Crippen molar-refractivity contribution in [3.63, 3.8) is 0 Å². The van der Waals surface area contributed by atoms with Crippen LogP contribution in [0.5, 0.6) is 0 Å². The van der Waals surface area contributed by atoms with Gasteiger partial charge in [-0.25, -0.2) is 0 Å². The Morgan fingerprint density at radius 2 is 1.88 bits per heavy atom. The fraction of sp³-hybridized carbons (Fsp3) is 0.600. The number of nitrogens with zero attached hydrogens (tertiary/aromatic N) is 2. The van der Waals surface area contributed by atoms with E-state index < -0.39 is 0 Å². The van der Waals surface area contributed by atoms with E-state index in [1.807, 2.05) is 32.3 Å². The van der Waals surface area contributed by atoms with Crippen LogP contribution in [0.25, 0.3) is 0 Å². The van der Waals surface area contributed by atoms with Gasteiger partial charge in [0.2, 0.25) is 5.91 Å². The Labute approximate surface area is 151 Å². The number of amides is 1.